The molecule has 6 nitrogen and oxygen atoms in total. The third-order valence-corrected chi connectivity index (χ3v) is 4.33. The lowest BCUT2D eigenvalue weighted by atomic mass is 9.92. The quantitative estimate of drug-likeness (QED) is 0.636. The molecule has 0 aliphatic carbocycles. The molecule has 1 unspecified atom stereocenters. The highest BCUT2D eigenvalue weighted by Gasteiger charge is 2.24. The number of carbonyl (C=O) groups is 2. The number of nitrogens with one attached hydrogen (secondary N) is 1. The molecular weight excluding hydrogens is 320 g/mol. The molecule has 5 N–H and O–H groups in total. The Hall–Kier alpha value is -3.12. The van der Waals surface area contributed by atoms with Crippen molar-refractivity contribution in [3.05, 3.63) is 70.8 Å². The van der Waals surface area contributed by atoms with Gasteiger partial charge >= 0.3 is 11.9 Å². The Morgan fingerprint density at radius 3 is 2.60 bits per heavy atom. The van der Waals surface area contributed by atoms with Gasteiger partial charge in [-0.1, -0.05) is 36.4 Å². The van der Waals surface area contributed by atoms with Crippen molar-refractivity contribution in [1.29, 1.82) is 0 Å². The van der Waals surface area contributed by atoms with Gasteiger partial charge in [0.05, 0.1) is 11.6 Å². The second-order valence-corrected chi connectivity index (χ2v) is 5.84. The van der Waals surface area contributed by atoms with Gasteiger partial charge in [-0.15, -0.1) is 0 Å². The van der Waals surface area contributed by atoms with Crippen molar-refractivity contribution in [2.45, 2.75) is 12.5 Å². The topological polar surface area (TPSA) is 113 Å². The first-order valence-electron chi connectivity index (χ1n) is 7.86. The Morgan fingerprint density at radius 2 is 1.92 bits per heavy atom. The summed E-state index contributed by atoms with van der Waals surface area (Å²) in [5.41, 5.74) is 9.68. The number of aliphatic carboxylic acids is 2. The van der Waals surface area contributed by atoms with Gasteiger partial charge in [0, 0.05) is 24.7 Å². The van der Waals surface area contributed by atoms with Crippen LogP contribution in [0.25, 0.3) is 5.57 Å². The highest BCUT2D eigenvalue weighted by Crippen LogP contribution is 2.35. The zero-order valence-corrected chi connectivity index (χ0v) is 13.4. The van der Waals surface area contributed by atoms with E-state index in [9.17, 15) is 14.7 Å². The van der Waals surface area contributed by atoms with E-state index in [1.165, 1.54) is 0 Å². The molecule has 6 heteroatoms. The summed E-state index contributed by atoms with van der Waals surface area (Å²) < 4.78 is 0. The van der Waals surface area contributed by atoms with Gasteiger partial charge < -0.3 is 21.3 Å². The van der Waals surface area contributed by atoms with Gasteiger partial charge in [0.1, 0.15) is 0 Å². The van der Waals surface area contributed by atoms with Crippen LogP contribution < -0.4 is 11.1 Å². The van der Waals surface area contributed by atoms with Crippen LogP contribution in [0.2, 0.25) is 0 Å². The summed E-state index contributed by atoms with van der Waals surface area (Å²) in [5, 5.41) is 21.8. The molecule has 1 heterocycles. The van der Waals surface area contributed by atoms with Crippen LogP contribution in [-0.4, -0.2) is 28.7 Å². The molecular formula is C19H18N2O4. The number of fused-ring (bicyclic) bond motifs is 2. The lowest BCUT2D eigenvalue weighted by Crippen LogP contribution is -2.20. The molecule has 0 amide bonds. The predicted molar refractivity (Wildman–Crippen MR) is 94.4 cm³/mol. The fourth-order valence-electron chi connectivity index (χ4n) is 3.22. The van der Waals surface area contributed by atoms with Gasteiger partial charge in [0.2, 0.25) is 0 Å². The van der Waals surface area contributed by atoms with E-state index in [4.69, 9.17) is 10.8 Å². The molecule has 2 aromatic rings. The molecule has 0 radical (unpaired) electrons. The van der Waals surface area contributed by atoms with Gasteiger partial charge in [0.25, 0.3) is 0 Å². The van der Waals surface area contributed by atoms with Crippen molar-refractivity contribution in [2.75, 3.05) is 11.9 Å². The molecule has 0 fully saturated rings. The Bertz CT molecular complexity index is 873. The third kappa shape index (κ3) is 3.25. The average molecular weight is 338 g/mol. The van der Waals surface area contributed by atoms with Crippen molar-refractivity contribution < 1.29 is 19.8 Å². The molecule has 0 saturated carbocycles. The Labute approximate surface area is 144 Å². The molecule has 1 aliphatic heterocycles. The molecule has 0 bridgehead atoms. The smallest absolute Gasteiger partial charge is 0.336 e. The number of hydrogen-bond acceptors (Lipinski definition) is 4. The molecule has 128 valence electrons. The molecule has 25 heavy (non-hydrogen) atoms. The van der Waals surface area contributed by atoms with E-state index in [0.29, 0.717) is 18.5 Å². The summed E-state index contributed by atoms with van der Waals surface area (Å²) in [6.07, 6.45) is 1.23. The van der Waals surface area contributed by atoms with Crippen molar-refractivity contribution in [3.63, 3.8) is 0 Å². The Morgan fingerprint density at radius 1 is 1.16 bits per heavy atom. The number of hydrogen-bond donors (Lipinski definition) is 4. The summed E-state index contributed by atoms with van der Waals surface area (Å²) in [7, 11) is 0. The summed E-state index contributed by atoms with van der Waals surface area (Å²) in [5.74, 6) is -2.57. The van der Waals surface area contributed by atoms with E-state index in [1.807, 2.05) is 30.3 Å². The van der Waals surface area contributed by atoms with Crippen molar-refractivity contribution in [1.82, 2.24) is 0 Å². The zero-order valence-electron chi connectivity index (χ0n) is 13.4. The minimum Gasteiger partial charge on any atom is -0.478 e. The molecule has 0 saturated heterocycles. The monoisotopic (exact) mass is 338 g/mol. The molecule has 1 atom stereocenters. The van der Waals surface area contributed by atoms with Crippen LogP contribution in [-0.2, 0) is 16.0 Å². The summed E-state index contributed by atoms with van der Waals surface area (Å²) in [6, 6.07) is 12.9. The number of carboxylic acids is 2. The minimum atomic E-state index is -1.29. The lowest BCUT2D eigenvalue weighted by molar-refractivity contribution is -0.133. The van der Waals surface area contributed by atoms with E-state index < -0.39 is 11.9 Å². The maximum atomic E-state index is 11.6. The van der Waals surface area contributed by atoms with Crippen molar-refractivity contribution in [3.8, 4) is 0 Å². The number of rotatable bonds is 4. The minimum absolute atomic E-state index is 0.0931. The fourth-order valence-corrected chi connectivity index (χ4v) is 3.22. The fraction of sp³-hybridized carbons (Fsp3) is 0.158. The standard InChI is InChI=1S/C19H18N2O4/c20-10-17-12-5-2-1-4-11(12)8-14-13(6-3-7-16(14)21-17)15(19(24)25)9-18(22)23/h1-7,9,17,21H,8,10,20H2,(H,22,23)(H,24,25). The average Bonchev–Trinajstić information content (AvgIpc) is 2.75. The van der Waals surface area contributed by atoms with Crippen LogP contribution in [0.15, 0.2) is 48.5 Å². The highest BCUT2D eigenvalue weighted by atomic mass is 16.4. The third-order valence-electron chi connectivity index (χ3n) is 4.33. The first kappa shape index (κ1) is 16.7. The van der Waals surface area contributed by atoms with Gasteiger partial charge in [0.15, 0.2) is 0 Å². The first-order chi connectivity index (χ1) is 12.0. The van der Waals surface area contributed by atoms with E-state index >= 15 is 0 Å². The molecule has 1 aliphatic rings. The number of carboxylic acid groups (broad SMARTS) is 2. The van der Waals surface area contributed by atoms with Crippen LogP contribution in [0.3, 0.4) is 0 Å². The maximum absolute atomic E-state index is 11.6. The summed E-state index contributed by atoms with van der Waals surface area (Å²) in [4.78, 5) is 22.6. The lowest BCUT2D eigenvalue weighted by Gasteiger charge is -2.19. The van der Waals surface area contributed by atoms with Crippen LogP contribution in [0.1, 0.15) is 28.3 Å². The summed E-state index contributed by atoms with van der Waals surface area (Å²) >= 11 is 0. The van der Waals surface area contributed by atoms with Gasteiger partial charge in [-0.3, -0.25) is 0 Å². The molecule has 3 rings (SSSR count). The van der Waals surface area contributed by atoms with Crippen molar-refractivity contribution in [2.24, 2.45) is 5.73 Å². The van der Waals surface area contributed by atoms with Crippen LogP contribution in [0, 0.1) is 0 Å². The number of nitrogens with two attached hydrogens (primary N) is 1. The first-order valence-corrected chi connectivity index (χ1v) is 7.86. The van der Waals surface area contributed by atoms with Gasteiger partial charge in [-0.05, 0) is 28.3 Å². The maximum Gasteiger partial charge on any atom is 0.336 e. The van der Waals surface area contributed by atoms with E-state index in [0.717, 1.165) is 28.5 Å². The van der Waals surface area contributed by atoms with E-state index in [-0.39, 0.29) is 11.6 Å². The van der Waals surface area contributed by atoms with Crippen LogP contribution in [0.4, 0.5) is 5.69 Å². The van der Waals surface area contributed by atoms with Crippen molar-refractivity contribution >= 4 is 23.2 Å². The van der Waals surface area contributed by atoms with E-state index in [2.05, 4.69) is 5.32 Å². The SMILES string of the molecule is NCC1Nc2cccc(C(=CC(=O)O)C(=O)O)c2Cc2ccccc21. The Kier molecular flexibility index (Phi) is 4.54. The van der Waals surface area contributed by atoms with E-state index in [1.54, 1.807) is 12.1 Å². The van der Waals surface area contributed by atoms with Gasteiger partial charge in [-0.2, -0.15) is 0 Å². The molecule has 0 spiro atoms. The Balaban J connectivity index is 2.20. The second kappa shape index (κ2) is 6.78. The molecule has 2 aromatic carbocycles. The summed E-state index contributed by atoms with van der Waals surface area (Å²) in [6.45, 7) is 0.386. The highest BCUT2D eigenvalue weighted by molar-refractivity contribution is 6.20. The number of anilines is 1. The largest absolute Gasteiger partial charge is 0.478 e. The number of benzene rings is 2. The van der Waals surface area contributed by atoms with Crippen LogP contribution >= 0.6 is 0 Å². The molecule has 0 aromatic heterocycles. The predicted octanol–water partition coefficient (Wildman–Crippen LogP) is 2.26. The zero-order chi connectivity index (χ0) is 18.0. The second-order valence-electron chi connectivity index (χ2n) is 5.84. The van der Waals surface area contributed by atoms with Gasteiger partial charge in [-0.25, -0.2) is 9.59 Å². The normalized spacial score (nSPS) is 16.2. The van der Waals surface area contributed by atoms with Crippen LogP contribution in [0.5, 0.6) is 0 Å².